The lowest BCUT2D eigenvalue weighted by atomic mass is 9.98. The molecule has 0 aromatic rings. The van der Waals surface area contributed by atoms with Gasteiger partial charge in [0.2, 0.25) is 0 Å². The highest BCUT2D eigenvalue weighted by atomic mass is 28.3. The quantitative estimate of drug-likeness (QED) is 0.418. The van der Waals surface area contributed by atoms with Crippen molar-refractivity contribution in [1.82, 2.24) is 0 Å². The number of allylic oxidation sites excluding steroid dienone is 1. The Bertz CT molecular complexity index is 209. The zero-order chi connectivity index (χ0) is 12.1. The van der Waals surface area contributed by atoms with E-state index >= 15 is 0 Å². The van der Waals surface area contributed by atoms with Gasteiger partial charge in [0, 0.05) is 14.7 Å². The SMILES string of the molecule is CC(C)(O)/C(=C/CCCO)C[Si](C)(C)C. The van der Waals surface area contributed by atoms with Gasteiger partial charge in [-0.1, -0.05) is 25.7 Å². The van der Waals surface area contributed by atoms with E-state index in [1.165, 1.54) is 0 Å². The lowest BCUT2D eigenvalue weighted by Gasteiger charge is -2.27. The van der Waals surface area contributed by atoms with Crippen molar-refractivity contribution in [2.45, 2.75) is 58.0 Å². The van der Waals surface area contributed by atoms with E-state index in [9.17, 15) is 5.11 Å². The summed E-state index contributed by atoms with van der Waals surface area (Å²) in [5, 5.41) is 18.8. The molecule has 2 nitrogen and oxygen atoms in total. The van der Waals surface area contributed by atoms with E-state index in [-0.39, 0.29) is 6.61 Å². The first-order valence-corrected chi connectivity index (χ1v) is 9.40. The Labute approximate surface area is 95.0 Å². The van der Waals surface area contributed by atoms with Gasteiger partial charge < -0.3 is 10.2 Å². The van der Waals surface area contributed by atoms with Crippen molar-refractivity contribution in [3.05, 3.63) is 11.6 Å². The molecule has 0 unspecified atom stereocenters. The molecule has 2 N–H and O–H groups in total. The molecule has 0 aromatic heterocycles. The summed E-state index contributed by atoms with van der Waals surface area (Å²) in [6.07, 6.45) is 3.75. The third-order valence-corrected chi connectivity index (χ3v) is 3.70. The Morgan fingerprint density at radius 1 is 1.27 bits per heavy atom. The highest BCUT2D eigenvalue weighted by Gasteiger charge is 2.24. The zero-order valence-corrected chi connectivity index (χ0v) is 11.8. The predicted octanol–water partition coefficient (Wildman–Crippen LogP) is 2.79. The predicted molar refractivity (Wildman–Crippen MR) is 68.9 cm³/mol. The summed E-state index contributed by atoms with van der Waals surface area (Å²) in [7, 11) is -1.18. The van der Waals surface area contributed by atoms with Crippen molar-refractivity contribution >= 4 is 8.07 Å². The third kappa shape index (κ3) is 7.77. The van der Waals surface area contributed by atoms with Crippen LogP contribution in [0.3, 0.4) is 0 Å². The molecule has 0 heterocycles. The smallest absolute Gasteiger partial charge is 0.0797 e. The minimum atomic E-state index is -1.18. The van der Waals surface area contributed by atoms with Crippen molar-refractivity contribution in [2.75, 3.05) is 6.61 Å². The van der Waals surface area contributed by atoms with Gasteiger partial charge in [-0.15, -0.1) is 0 Å². The van der Waals surface area contributed by atoms with Crippen LogP contribution in [0.15, 0.2) is 11.6 Å². The second-order valence-corrected chi connectivity index (χ2v) is 11.4. The average Bonchev–Trinajstić information content (AvgIpc) is 1.99. The fraction of sp³-hybridized carbons (Fsp3) is 0.833. The maximum Gasteiger partial charge on any atom is 0.0797 e. The van der Waals surface area contributed by atoms with Crippen molar-refractivity contribution in [3.63, 3.8) is 0 Å². The van der Waals surface area contributed by atoms with Gasteiger partial charge in [-0.25, -0.2) is 0 Å². The summed E-state index contributed by atoms with van der Waals surface area (Å²) < 4.78 is 0. The lowest BCUT2D eigenvalue weighted by Crippen LogP contribution is -2.29. The number of hydrogen-bond acceptors (Lipinski definition) is 2. The van der Waals surface area contributed by atoms with E-state index in [0.29, 0.717) is 0 Å². The van der Waals surface area contributed by atoms with Crippen molar-refractivity contribution in [2.24, 2.45) is 0 Å². The molecule has 0 atom stereocenters. The molecule has 0 saturated heterocycles. The van der Waals surface area contributed by atoms with Gasteiger partial charge in [-0.2, -0.15) is 0 Å². The highest BCUT2D eigenvalue weighted by Crippen LogP contribution is 2.26. The summed E-state index contributed by atoms with van der Waals surface area (Å²) in [4.78, 5) is 0. The van der Waals surface area contributed by atoms with Crippen LogP contribution in [0.2, 0.25) is 25.7 Å². The van der Waals surface area contributed by atoms with Crippen LogP contribution in [-0.2, 0) is 0 Å². The molecule has 0 amide bonds. The van der Waals surface area contributed by atoms with Gasteiger partial charge in [-0.3, -0.25) is 0 Å². The maximum absolute atomic E-state index is 10.0. The second kappa shape index (κ2) is 5.82. The van der Waals surface area contributed by atoms with E-state index < -0.39 is 13.7 Å². The number of unbranched alkanes of at least 4 members (excludes halogenated alkanes) is 1. The molecule has 0 aliphatic heterocycles. The molecule has 0 radical (unpaired) electrons. The summed E-state index contributed by atoms with van der Waals surface area (Å²) in [5.74, 6) is 0. The van der Waals surface area contributed by atoms with E-state index in [0.717, 1.165) is 24.5 Å². The van der Waals surface area contributed by atoms with Crippen molar-refractivity contribution in [3.8, 4) is 0 Å². The molecular weight excluding hydrogens is 204 g/mol. The van der Waals surface area contributed by atoms with Crippen LogP contribution in [0.25, 0.3) is 0 Å². The van der Waals surface area contributed by atoms with Crippen LogP contribution in [0.4, 0.5) is 0 Å². The monoisotopic (exact) mass is 230 g/mol. The minimum absolute atomic E-state index is 0.225. The summed E-state index contributed by atoms with van der Waals surface area (Å²) in [6, 6.07) is 1.03. The topological polar surface area (TPSA) is 40.5 Å². The third-order valence-electron chi connectivity index (χ3n) is 2.26. The Hall–Kier alpha value is -0.123. The van der Waals surface area contributed by atoms with Crippen LogP contribution >= 0.6 is 0 Å². The molecule has 0 aromatic carbocycles. The Balaban J connectivity index is 4.53. The standard InChI is InChI=1S/C12H26O2Si/c1-12(2,14)11(8-6-7-9-13)10-15(3,4)5/h8,13-14H,6-7,9-10H2,1-5H3/b11-8+. The average molecular weight is 230 g/mol. The molecule has 0 fully saturated rings. The van der Waals surface area contributed by atoms with Crippen LogP contribution in [-0.4, -0.2) is 30.5 Å². The van der Waals surface area contributed by atoms with Crippen LogP contribution in [0.5, 0.6) is 0 Å². The van der Waals surface area contributed by atoms with Crippen molar-refractivity contribution in [1.29, 1.82) is 0 Å². The Morgan fingerprint density at radius 2 is 1.80 bits per heavy atom. The number of aliphatic hydroxyl groups excluding tert-OH is 1. The summed E-state index contributed by atoms with van der Waals surface area (Å²) >= 11 is 0. The van der Waals surface area contributed by atoms with Crippen molar-refractivity contribution < 1.29 is 10.2 Å². The summed E-state index contributed by atoms with van der Waals surface area (Å²) in [5.41, 5.74) is 0.422. The van der Waals surface area contributed by atoms with Gasteiger partial charge in [-0.05, 0) is 38.3 Å². The molecule has 0 rings (SSSR count). The van der Waals surface area contributed by atoms with Crippen LogP contribution in [0.1, 0.15) is 26.7 Å². The fourth-order valence-corrected chi connectivity index (χ4v) is 3.20. The van der Waals surface area contributed by atoms with Gasteiger partial charge in [0.1, 0.15) is 0 Å². The van der Waals surface area contributed by atoms with Gasteiger partial charge >= 0.3 is 0 Å². The number of rotatable bonds is 6. The van der Waals surface area contributed by atoms with Crippen LogP contribution in [0, 0.1) is 0 Å². The highest BCUT2D eigenvalue weighted by molar-refractivity contribution is 6.76. The second-order valence-electron chi connectivity index (χ2n) is 5.89. The fourth-order valence-electron chi connectivity index (χ4n) is 1.48. The molecule has 0 bridgehead atoms. The number of aliphatic hydroxyl groups is 2. The molecule has 0 aliphatic rings. The van der Waals surface area contributed by atoms with Crippen LogP contribution < -0.4 is 0 Å². The lowest BCUT2D eigenvalue weighted by molar-refractivity contribution is 0.119. The molecule has 90 valence electrons. The zero-order valence-electron chi connectivity index (χ0n) is 10.8. The molecule has 3 heteroatoms. The Kier molecular flexibility index (Phi) is 5.78. The molecule has 0 aliphatic carbocycles. The number of hydrogen-bond donors (Lipinski definition) is 2. The van der Waals surface area contributed by atoms with Gasteiger partial charge in [0.15, 0.2) is 0 Å². The molecule has 0 spiro atoms. The molecular formula is C12H26O2Si. The molecule has 15 heavy (non-hydrogen) atoms. The Morgan fingerprint density at radius 3 is 2.13 bits per heavy atom. The minimum Gasteiger partial charge on any atom is -0.396 e. The normalized spacial score (nSPS) is 14.5. The summed E-state index contributed by atoms with van der Waals surface area (Å²) in [6.45, 7) is 10.8. The maximum atomic E-state index is 10.0. The molecule has 0 saturated carbocycles. The van der Waals surface area contributed by atoms with E-state index in [1.807, 2.05) is 13.8 Å². The largest absolute Gasteiger partial charge is 0.396 e. The van der Waals surface area contributed by atoms with E-state index in [4.69, 9.17) is 5.11 Å². The first-order chi connectivity index (χ1) is 6.67. The first kappa shape index (κ1) is 14.9. The van der Waals surface area contributed by atoms with Gasteiger partial charge in [0.25, 0.3) is 0 Å². The first-order valence-electron chi connectivity index (χ1n) is 5.69. The van der Waals surface area contributed by atoms with E-state index in [2.05, 4.69) is 25.7 Å². The van der Waals surface area contributed by atoms with Gasteiger partial charge in [0.05, 0.1) is 5.60 Å². The van der Waals surface area contributed by atoms with E-state index in [1.54, 1.807) is 0 Å².